The number of pyridine rings is 2. The maximum Gasteiger partial charge on any atom is 0.256 e. The molecule has 1 amide bonds. The van der Waals surface area contributed by atoms with Gasteiger partial charge in [0.15, 0.2) is 0 Å². The Balaban J connectivity index is 2.03. The van der Waals surface area contributed by atoms with Gasteiger partial charge < -0.3 is 5.32 Å². The Labute approximate surface area is 102 Å². The molecule has 6 heteroatoms. The normalized spacial score (nSPS) is 10.1. The Hall–Kier alpha value is -2.37. The molecule has 0 bridgehead atoms. The molecule has 92 valence electrons. The van der Waals surface area contributed by atoms with Crippen molar-refractivity contribution in [3.8, 4) is 0 Å². The highest BCUT2D eigenvalue weighted by Crippen LogP contribution is 2.04. The highest BCUT2D eigenvalue weighted by Gasteiger charge is 2.11. The number of nitrogens with zero attached hydrogens (tertiary/aromatic N) is 2. The van der Waals surface area contributed by atoms with Gasteiger partial charge in [-0.1, -0.05) is 0 Å². The van der Waals surface area contributed by atoms with Crippen LogP contribution in [0, 0.1) is 11.8 Å². The van der Waals surface area contributed by atoms with Crippen LogP contribution in [0.4, 0.5) is 8.78 Å². The lowest BCUT2D eigenvalue weighted by Crippen LogP contribution is -2.24. The smallest absolute Gasteiger partial charge is 0.256 e. The zero-order valence-electron chi connectivity index (χ0n) is 9.23. The predicted molar refractivity (Wildman–Crippen MR) is 59.6 cm³/mol. The summed E-state index contributed by atoms with van der Waals surface area (Å²) in [6, 6.07) is 4.02. The lowest BCUT2D eigenvalue weighted by atomic mass is 10.2. The third-order valence-corrected chi connectivity index (χ3v) is 2.22. The van der Waals surface area contributed by atoms with Gasteiger partial charge in [0.05, 0.1) is 11.8 Å². The van der Waals surface area contributed by atoms with Crippen LogP contribution in [0.5, 0.6) is 0 Å². The Morgan fingerprint density at radius 1 is 1.33 bits per heavy atom. The number of rotatable bonds is 3. The molecule has 0 fully saturated rings. The van der Waals surface area contributed by atoms with E-state index in [1.54, 1.807) is 0 Å². The van der Waals surface area contributed by atoms with Gasteiger partial charge in [-0.15, -0.1) is 0 Å². The largest absolute Gasteiger partial charge is 0.348 e. The van der Waals surface area contributed by atoms with Crippen molar-refractivity contribution in [3.05, 3.63) is 59.7 Å². The van der Waals surface area contributed by atoms with Gasteiger partial charge in [-0.2, -0.15) is 4.39 Å². The molecule has 0 saturated carbocycles. The summed E-state index contributed by atoms with van der Waals surface area (Å²) in [4.78, 5) is 18.6. The number of nitrogens with one attached hydrogen (secondary N) is 1. The van der Waals surface area contributed by atoms with Crippen molar-refractivity contribution in [2.24, 2.45) is 0 Å². The van der Waals surface area contributed by atoms with Crippen LogP contribution in [0.1, 0.15) is 15.9 Å². The summed E-state index contributed by atoms with van der Waals surface area (Å²) in [6.45, 7) is 0.0674. The average Bonchev–Trinajstić information content (AvgIpc) is 2.37. The minimum Gasteiger partial charge on any atom is -0.348 e. The van der Waals surface area contributed by atoms with Crippen molar-refractivity contribution in [1.29, 1.82) is 0 Å². The first-order chi connectivity index (χ1) is 8.66. The van der Waals surface area contributed by atoms with E-state index in [1.807, 2.05) is 0 Å². The zero-order chi connectivity index (χ0) is 13.0. The van der Waals surface area contributed by atoms with E-state index in [9.17, 15) is 13.6 Å². The predicted octanol–water partition coefficient (Wildman–Crippen LogP) is 1.68. The van der Waals surface area contributed by atoms with Crippen LogP contribution in [0.15, 0.2) is 36.8 Å². The molecule has 0 aliphatic rings. The van der Waals surface area contributed by atoms with E-state index in [-0.39, 0.29) is 12.1 Å². The molecule has 0 radical (unpaired) electrons. The van der Waals surface area contributed by atoms with Crippen LogP contribution in [0.25, 0.3) is 0 Å². The second-order valence-electron chi connectivity index (χ2n) is 3.54. The number of hydrogen-bond acceptors (Lipinski definition) is 3. The molecule has 0 saturated heterocycles. The molecular weight excluding hydrogens is 240 g/mol. The van der Waals surface area contributed by atoms with Gasteiger partial charge in [-0.05, 0) is 23.8 Å². The molecule has 2 rings (SSSR count). The van der Waals surface area contributed by atoms with E-state index in [0.29, 0.717) is 5.56 Å². The fraction of sp³-hybridized carbons (Fsp3) is 0.0833. The number of hydrogen-bond donors (Lipinski definition) is 1. The summed E-state index contributed by atoms with van der Waals surface area (Å²) < 4.78 is 26.0. The average molecular weight is 249 g/mol. The number of carbonyl (C=O) groups is 1. The van der Waals surface area contributed by atoms with E-state index < -0.39 is 17.7 Å². The van der Waals surface area contributed by atoms with Crippen LogP contribution in [-0.4, -0.2) is 15.9 Å². The minimum atomic E-state index is -0.840. The lowest BCUT2D eigenvalue weighted by Gasteiger charge is -2.05. The van der Waals surface area contributed by atoms with Gasteiger partial charge in [0, 0.05) is 18.9 Å². The lowest BCUT2D eigenvalue weighted by molar-refractivity contribution is 0.0946. The summed E-state index contributed by atoms with van der Waals surface area (Å²) in [5.74, 6) is -1.94. The maximum absolute atomic E-state index is 13.2. The summed E-state index contributed by atoms with van der Waals surface area (Å²) in [6.07, 6.45) is 3.73. The van der Waals surface area contributed by atoms with E-state index in [1.165, 1.54) is 30.6 Å². The fourth-order valence-electron chi connectivity index (χ4n) is 1.39. The van der Waals surface area contributed by atoms with E-state index in [4.69, 9.17) is 0 Å². The third kappa shape index (κ3) is 2.85. The van der Waals surface area contributed by atoms with Gasteiger partial charge in [0.25, 0.3) is 5.91 Å². The molecule has 0 aliphatic heterocycles. The van der Waals surface area contributed by atoms with E-state index in [2.05, 4.69) is 15.3 Å². The van der Waals surface area contributed by atoms with Crippen LogP contribution >= 0.6 is 0 Å². The molecule has 2 aromatic rings. The Kier molecular flexibility index (Phi) is 3.57. The molecule has 0 aliphatic carbocycles. The highest BCUT2D eigenvalue weighted by atomic mass is 19.1. The zero-order valence-corrected chi connectivity index (χ0v) is 9.23. The number of halogens is 2. The number of amides is 1. The molecule has 0 unspecified atom stereocenters. The van der Waals surface area contributed by atoms with Gasteiger partial charge >= 0.3 is 0 Å². The SMILES string of the molecule is O=C(NCc1cncc(F)c1)c1cccnc1F. The highest BCUT2D eigenvalue weighted by molar-refractivity contribution is 5.94. The Bertz CT molecular complexity index is 575. The molecular formula is C12H9F2N3O. The first kappa shape index (κ1) is 12.1. The Morgan fingerprint density at radius 2 is 2.17 bits per heavy atom. The van der Waals surface area contributed by atoms with Crippen molar-refractivity contribution in [1.82, 2.24) is 15.3 Å². The van der Waals surface area contributed by atoms with Gasteiger partial charge in [-0.3, -0.25) is 9.78 Å². The van der Waals surface area contributed by atoms with Gasteiger partial charge in [-0.25, -0.2) is 9.37 Å². The summed E-state index contributed by atoms with van der Waals surface area (Å²) in [5, 5.41) is 2.46. The topological polar surface area (TPSA) is 54.9 Å². The molecule has 0 spiro atoms. The minimum absolute atomic E-state index is 0.0674. The maximum atomic E-state index is 13.2. The van der Waals surface area contributed by atoms with E-state index in [0.717, 1.165) is 6.20 Å². The molecule has 0 atom stereocenters. The van der Waals surface area contributed by atoms with Crippen LogP contribution in [0.3, 0.4) is 0 Å². The van der Waals surface area contributed by atoms with Crippen molar-refractivity contribution >= 4 is 5.91 Å². The van der Waals surface area contributed by atoms with Crippen molar-refractivity contribution in [2.45, 2.75) is 6.54 Å². The number of aromatic nitrogens is 2. The molecule has 1 N–H and O–H groups in total. The summed E-state index contributed by atoms with van der Waals surface area (Å²) >= 11 is 0. The second-order valence-corrected chi connectivity index (χ2v) is 3.54. The van der Waals surface area contributed by atoms with Crippen LogP contribution in [0.2, 0.25) is 0 Å². The molecule has 2 heterocycles. The first-order valence-electron chi connectivity index (χ1n) is 5.15. The number of carbonyl (C=O) groups excluding carboxylic acids is 1. The third-order valence-electron chi connectivity index (χ3n) is 2.22. The molecule has 0 aromatic carbocycles. The molecule has 18 heavy (non-hydrogen) atoms. The summed E-state index contributed by atoms with van der Waals surface area (Å²) in [5.41, 5.74) is 0.342. The molecule has 2 aromatic heterocycles. The van der Waals surface area contributed by atoms with Gasteiger partial charge in [0.2, 0.25) is 5.95 Å². The Morgan fingerprint density at radius 3 is 2.89 bits per heavy atom. The quantitative estimate of drug-likeness (QED) is 0.842. The second kappa shape index (κ2) is 5.31. The summed E-state index contributed by atoms with van der Waals surface area (Å²) in [7, 11) is 0. The van der Waals surface area contributed by atoms with Crippen molar-refractivity contribution in [3.63, 3.8) is 0 Å². The first-order valence-corrected chi connectivity index (χ1v) is 5.15. The van der Waals surface area contributed by atoms with Crippen LogP contribution < -0.4 is 5.32 Å². The van der Waals surface area contributed by atoms with Crippen molar-refractivity contribution < 1.29 is 13.6 Å². The fourth-order valence-corrected chi connectivity index (χ4v) is 1.39. The van der Waals surface area contributed by atoms with Gasteiger partial charge in [0.1, 0.15) is 5.82 Å². The van der Waals surface area contributed by atoms with Crippen LogP contribution in [-0.2, 0) is 6.54 Å². The standard InChI is InChI=1S/C12H9F2N3O/c13-9-4-8(5-15-7-9)6-17-12(18)10-2-1-3-16-11(10)14/h1-5,7H,6H2,(H,17,18). The molecule has 4 nitrogen and oxygen atoms in total. The van der Waals surface area contributed by atoms with E-state index >= 15 is 0 Å². The monoisotopic (exact) mass is 249 g/mol. The van der Waals surface area contributed by atoms with Crippen molar-refractivity contribution in [2.75, 3.05) is 0 Å².